The minimum atomic E-state index is -1.58. The van der Waals surface area contributed by atoms with Crippen LogP contribution in [0, 0.1) is 0 Å². The molecule has 15 heavy (non-hydrogen) atoms. The van der Waals surface area contributed by atoms with E-state index in [0.717, 1.165) is 0 Å². The second kappa shape index (κ2) is 9.32. The molecule has 6 nitrogen and oxygen atoms in total. The monoisotopic (exact) mass is 224 g/mol. The number of phenols is 2. The van der Waals surface area contributed by atoms with Gasteiger partial charge in [-0.15, -0.1) is 0 Å². The van der Waals surface area contributed by atoms with Crippen LogP contribution >= 0.6 is 0 Å². The van der Waals surface area contributed by atoms with Crippen LogP contribution in [0.15, 0.2) is 24.3 Å². The zero-order valence-electron chi connectivity index (χ0n) is 6.95. The van der Waals surface area contributed by atoms with Crippen LogP contribution in [0.5, 0.6) is 11.5 Å². The molecule has 1 aromatic carbocycles. The van der Waals surface area contributed by atoms with Gasteiger partial charge in [0.25, 0.3) is 0 Å². The van der Waals surface area contributed by atoms with Gasteiger partial charge in [0.2, 0.25) is 0 Å². The Hall–Kier alpha value is -1.24. The molecule has 0 spiro atoms. The van der Waals surface area contributed by atoms with E-state index in [4.69, 9.17) is 24.9 Å². The Morgan fingerprint density at radius 2 is 1.73 bits per heavy atom. The molecule has 0 aliphatic heterocycles. The molecular formula is C8H9NaO6. The molecule has 3 N–H and O–H groups in total. The number of benzene rings is 1. The molecule has 0 amide bonds. The third-order valence-electron chi connectivity index (χ3n) is 0.979. The van der Waals surface area contributed by atoms with E-state index in [1.54, 1.807) is 6.07 Å². The third-order valence-corrected chi connectivity index (χ3v) is 0.979. The fraction of sp³-hybridized carbons (Fsp3) is 0. The molecule has 0 aliphatic carbocycles. The molecule has 0 bridgehead atoms. The van der Waals surface area contributed by atoms with Crippen molar-refractivity contribution in [2.75, 3.05) is 0 Å². The molecule has 7 heteroatoms. The summed E-state index contributed by atoms with van der Waals surface area (Å²) in [5.41, 5.74) is 0. The number of hydrogen-bond acceptors (Lipinski definition) is 5. The van der Waals surface area contributed by atoms with Crippen molar-refractivity contribution < 1.29 is 29.6 Å². The molecule has 0 heterocycles. The van der Waals surface area contributed by atoms with Gasteiger partial charge in [0.1, 0.15) is 11.5 Å². The molecule has 0 radical (unpaired) electrons. The van der Waals surface area contributed by atoms with Crippen LogP contribution in [0.4, 0.5) is 4.79 Å². The van der Waals surface area contributed by atoms with Gasteiger partial charge in [-0.05, 0) is 12.1 Å². The van der Waals surface area contributed by atoms with Crippen molar-refractivity contribution in [2.24, 2.45) is 0 Å². The van der Waals surface area contributed by atoms with Gasteiger partial charge in [0, 0.05) is 6.07 Å². The number of phenolic OH excluding ortho intramolecular Hbond substituents is 2. The van der Waals surface area contributed by atoms with E-state index in [1.165, 1.54) is 18.2 Å². The Kier molecular flexibility index (Phi) is 10.1. The number of ether oxygens (including phenoxy) is 1. The van der Waals surface area contributed by atoms with Crippen molar-refractivity contribution in [1.29, 1.82) is 0 Å². The Bertz CT molecular complexity index is 297. The van der Waals surface area contributed by atoms with Gasteiger partial charge < -0.3 is 20.1 Å². The van der Waals surface area contributed by atoms with Gasteiger partial charge in [0.05, 0.1) is 0 Å². The van der Waals surface area contributed by atoms with Gasteiger partial charge in [-0.3, -0.25) is 4.79 Å². The standard InChI is InChI=1S/C6H6O2.C2H2O4.Na.H/c7-5-2-1-3-6(8)4-5;3-1-6-2(4)5;;/h1-4,7-8H;1H,(H,4,5);;. The second-order valence-corrected chi connectivity index (χ2v) is 2.00. The molecule has 0 saturated heterocycles. The summed E-state index contributed by atoms with van der Waals surface area (Å²) in [6.45, 7) is -0.150. The molecule has 78 valence electrons. The predicted molar refractivity (Wildman–Crippen MR) is 52.1 cm³/mol. The molecule has 1 rings (SSSR count). The fourth-order valence-electron chi connectivity index (χ4n) is 0.534. The number of carboxylic acid groups (broad SMARTS) is 1. The van der Waals surface area contributed by atoms with Gasteiger partial charge in [-0.25, -0.2) is 4.79 Å². The first kappa shape index (κ1) is 16.2. The number of aromatic hydroxyl groups is 2. The summed E-state index contributed by atoms with van der Waals surface area (Å²) in [5.74, 6) is 0.176. The number of carbonyl (C=O) groups excluding carboxylic acids is 1. The number of hydrogen-bond donors (Lipinski definition) is 3. The van der Waals surface area contributed by atoms with Crippen LogP contribution in [0.2, 0.25) is 0 Å². The zero-order chi connectivity index (χ0) is 11.0. The zero-order valence-corrected chi connectivity index (χ0v) is 6.95. The second-order valence-electron chi connectivity index (χ2n) is 2.00. The summed E-state index contributed by atoms with van der Waals surface area (Å²) >= 11 is 0. The van der Waals surface area contributed by atoms with Gasteiger partial charge in [0.15, 0.2) is 0 Å². The van der Waals surface area contributed by atoms with E-state index in [0.29, 0.717) is 0 Å². The molecule has 0 aromatic heterocycles. The maximum absolute atomic E-state index is 9.15. The van der Waals surface area contributed by atoms with Crippen molar-refractivity contribution in [3.63, 3.8) is 0 Å². The van der Waals surface area contributed by atoms with E-state index < -0.39 is 6.16 Å². The van der Waals surface area contributed by atoms with Crippen molar-refractivity contribution in [3.05, 3.63) is 24.3 Å². The first-order valence-electron chi connectivity index (χ1n) is 3.37. The summed E-state index contributed by atoms with van der Waals surface area (Å²) in [6.07, 6.45) is -1.58. The van der Waals surface area contributed by atoms with E-state index in [1.807, 2.05) is 0 Å². The van der Waals surface area contributed by atoms with E-state index >= 15 is 0 Å². The Morgan fingerprint density at radius 1 is 1.27 bits per heavy atom. The van der Waals surface area contributed by atoms with Crippen LogP contribution in [0.1, 0.15) is 0 Å². The Morgan fingerprint density at radius 3 is 1.87 bits per heavy atom. The number of carbonyl (C=O) groups is 2. The minimum absolute atomic E-state index is 0. The molecule has 0 atom stereocenters. The SMILES string of the molecule is O=COC(=O)O.Oc1cccc(O)c1.[NaH]. The van der Waals surface area contributed by atoms with Crippen LogP contribution in [0.25, 0.3) is 0 Å². The molecular weight excluding hydrogens is 215 g/mol. The summed E-state index contributed by atoms with van der Waals surface area (Å²) in [7, 11) is 0. The summed E-state index contributed by atoms with van der Waals surface area (Å²) in [5, 5.41) is 24.8. The van der Waals surface area contributed by atoms with E-state index in [9.17, 15) is 0 Å². The topological polar surface area (TPSA) is 104 Å². The van der Waals surface area contributed by atoms with Crippen LogP contribution in [-0.4, -0.2) is 57.5 Å². The Labute approximate surface area is 107 Å². The maximum atomic E-state index is 9.15. The molecule has 0 fully saturated rings. The summed E-state index contributed by atoms with van der Waals surface area (Å²) in [4.78, 5) is 18.2. The van der Waals surface area contributed by atoms with Crippen LogP contribution in [0.3, 0.4) is 0 Å². The molecule has 1 aromatic rings. The molecule has 0 saturated carbocycles. The Balaban J connectivity index is 0. The van der Waals surface area contributed by atoms with Gasteiger partial charge in [-0.2, -0.15) is 0 Å². The number of rotatable bonds is 1. The normalized spacial score (nSPS) is 7.47. The van der Waals surface area contributed by atoms with E-state index in [-0.39, 0.29) is 47.5 Å². The first-order chi connectivity index (χ1) is 6.56. The van der Waals surface area contributed by atoms with Crippen molar-refractivity contribution in [2.45, 2.75) is 0 Å². The average molecular weight is 224 g/mol. The summed E-state index contributed by atoms with van der Waals surface area (Å²) < 4.78 is 3.28. The van der Waals surface area contributed by atoms with Crippen molar-refractivity contribution in [3.8, 4) is 11.5 Å². The molecule has 0 unspecified atom stereocenters. The summed E-state index contributed by atoms with van der Waals surface area (Å²) in [6, 6.07) is 5.85. The van der Waals surface area contributed by atoms with E-state index in [2.05, 4.69) is 4.74 Å². The van der Waals surface area contributed by atoms with Gasteiger partial charge >= 0.3 is 42.2 Å². The van der Waals surface area contributed by atoms with Crippen molar-refractivity contribution >= 4 is 42.2 Å². The van der Waals surface area contributed by atoms with Crippen molar-refractivity contribution in [1.82, 2.24) is 0 Å². The van der Waals surface area contributed by atoms with Crippen LogP contribution in [-0.2, 0) is 9.53 Å². The van der Waals surface area contributed by atoms with Crippen LogP contribution < -0.4 is 0 Å². The first-order valence-corrected chi connectivity index (χ1v) is 3.37. The molecule has 0 aliphatic rings. The third kappa shape index (κ3) is 10.7. The quantitative estimate of drug-likeness (QED) is 0.274. The van der Waals surface area contributed by atoms with Gasteiger partial charge in [-0.1, -0.05) is 6.07 Å². The predicted octanol–water partition coefficient (Wildman–Crippen LogP) is 0.287. The fourth-order valence-corrected chi connectivity index (χ4v) is 0.534. The average Bonchev–Trinajstić information content (AvgIpc) is 2.03.